The number of hydrogen-bond acceptors (Lipinski definition) is 3. The van der Waals surface area contributed by atoms with Crippen molar-refractivity contribution < 1.29 is 4.79 Å². The van der Waals surface area contributed by atoms with E-state index in [1.165, 1.54) is 0 Å². The van der Waals surface area contributed by atoms with E-state index in [0.29, 0.717) is 24.4 Å². The normalized spacial score (nSPS) is 26.2. The zero-order valence-electron chi connectivity index (χ0n) is 11.6. The van der Waals surface area contributed by atoms with Crippen LogP contribution in [0.25, 0.3) is 0 Å². The Morgan fingerprint density at radius 1 is 1.24 bits per heavy atom. The SMILES string of the molecule is CCSCCC(=O)N1C[C@H](C)N(CC)C[C@H]1C. The van der Waals surface area contributed by atoms with Crippen LogP contribution in [0.2, 0.25) is 0 Å². The molecule has 0 bridgehead atoms. The molecule has 0 N–H and O–H groups in total. The summed E-state index contributed by atoms with van der Waals surface area (Å²) in [4.78, 5) is 16.6. The van der Waals surface area contributed by atoms with Gasteiger partial charge in [0.1, 0.15) is 0 Å². The minimum Gasteiger partial charge on any atom is -0.337 e. The molecule has 1 fully saturated rings. The monoisotopic (exact) mass is 258 g/mol. The lowest BCUT2D eigenvalue weighted by Gasteiger charge is -2.43. The molecule has 0 spiro atoms. The van der Waals surface area contributed by atoms with E-state index < -0.39 is 0 Å². The van der Waals surface area contributed by atoms with Crippen molar-refractivity contribution in [2.24, 2.45) is 0 Å². The highest BCUT2D eigenvalue weighted by Crippen LogP contribution is 2.16. The fourth-order valence-corrected chi connectivity index (χ4v) is 3.04. The molecule has 0 aromatic heterocycles. The third kappa shape index (κ3) is 4.18. The Kier molecular flexibility index (Phi) is 6.34. The van der Waals surface area contributed by atoms with E-state index in [0.717, 1.165) is 31.1 Å². The average molecular weight is 258 g/mol. The molecule has 1 rings (SSSR count). The standard InChI is InChI=1S/C13H26N2OS/c1-5-14-9-12(4)15(10-11(14)3)13(16)7-8-17-6-2/h11-12H,5-10H2,1-4H3/t11-,12+/m0/s1. The van der Waals surface area contributed by atoms with Gasteiger partial charge in [0.2, 0.25) is 5.91 Å². The summed E-state index contributed by atoms with van der Waals surface area (Å²) in [5, 5.41) is 0. The predicted molar refractivity (Wildman–Crippen MR) is 75.5 cm³/mol. The summed E-state index contributed by atoms with van der Waals surface area (Å²) < 4.78 is 0. The first-order valence-electron chi connectivity index (χ1n) is 6.71. The molecule has 1 aliphatic rings. The minimum atomic E-state index is 0.334. The van der Waals surface area contributed by atoms with Crippen molar-refractivity contribution in [2.45, 2.75) is 46.2 Å². The van der Waals surface area contributed by atoms with Gasteiger partial charge in [0, 0.05) is 37.3 Å². The molecule has 1 amide bonds. The van der Waals surface area contributed by atoms with Gasteiger partial charge in [0.15, 0.2) is 0 Å². The number of rotatable bonds is 5. The highest BCUT2D eigenvalue weighted by atomic mass is 32.2. The molecule has 0 unspecified atom stereocenters. The van der Waals surface area contributed by atoms with Gasteiger partial charge in [-0.05, 0) is 26.1 Å². The van der Waals surface area contributed by atoms with Crippen LogP contribution in [0, 0.1) is 0 Å². The lowest BCUT2D eigenvalue weighted by atomic mass is 10.1. The molecule has 0 radical (unpaired) electrons. The van der Waals surface area contributed by atoms with Gasteiger partial charge in [0.05, 0.1) is 0 Å². The summed E-state index contributed by atoms with van der Waals surface area (Å²) in [5.74, 6) is 2.40. The molecule has 3 nitrogen and oxygen atoms in total. The molecule has 100 valence electrons. The molecular weight excluding hydrogens is 232 g/mol. The summed E-state index contributed by atoms with van der Waals surface area (Å²) >= 11 is 1.85. The van der Waals surface area contributed by atoms with Crippen LogP contribution in [0.3, 0.4) is 0 Å². The Morgan fingerprint density at radius 3 is 2.53 bits per heavy atom. The Morgan fingerprint density at radius 2 is 1.94 bits per heavy atom. The second-order valence-corrected chi connectivity index (χ2v) is 6.17. The number of amides is 1. The van der Waals surface area contributed by atoms with Crippen molar-refractivity contribution in [1.82, 2.24) is 9.80 Å². The number of nitrogens with zero attached hydrogens (tertiary/aromatic N) is 2. The van der Waals surface area contributed by atoms with Gasteiger partial charge < -0.3 is 4.90 Å². The van der Waals surface area contributed by atoms with Crippen molar-refractivity contribution in [1.29, 1.82) is 0 Å². The summed E-state index contributed by atoms with van der Waals surface area (Å²) in [6.45, 7) is 11.7. The van der Waals surface area contributed by atoms with Gasteiger partial charge in [0.25, 0.3) is 0 Å². The topological polar surface area (TPSA) is 23.6 Å². The van der Waals surface area contributed by atoms with Crippen LogP contribution < -0.4 is 0 Å². The lowest BCUT2D eigenvalue weighted by molar-refractivity contribution is -0.136. The van der Waals surface area contributed by atoms with E-state index in [9.17, 15) is 4.79 Å². The fourth-order valence-electron chi connectivity index (χ4n) is 2.43. The van der Waals surface area contributed by atoms with Gasteiger partial charge in [-0.25, -0.2) is 0 Å². The van der Waals surface area contributed by atoms with Crippen LogP contribution in [-0.4, -0.2) is 58.9 Å². The number of thioether (sulfide) groups is 1. The first-order valence-corrected chi connectivity index (χ1v) is 7.86. The molecule has 0 aromatic rings. The van der Waals surface area contributed by atoms with E-state index in [-0.39, 0.29) is 0 Å². The van der Waals surface area contributed by atoms with Crippen LogP contribution in [0.5, 0.6) is 0 Å². The number of carbonyl (C=O) groups is 1. The summed E-state index contributed by atoms with van der Waals surface area (Å²) in [6.07, 6.45) is 0.696. The molecule has 0 aromatic carbocycles. The maximum Gasteiger partial charge on any atom is 0.223 e. The van der Waals surface area contributed by atoms with Crippen molar-refractivity contribution in [3.05, 3.63) is 0 Å². The van der Waals surface area contributed by atoms with E-state index >= 15 is 0 Å². The Bertz CT molecular complexity index is 248. The van der Waals surface area contributed by atoms with Crippen LogP contribution in [0.4, 0.5) is 0 Å². The first-order chi connectivity index (χ1) is 8.10. The van der Waals surface area contributed by atoms with Crippen molar-refractivity contribution in [2.75, 3.05) is 31.1 Å². The van der Waals surface area contributed by atoms with Gasteiger partial charge >= 0.3 is 0 Å². The second kappa shape index (κ2) is 7.27. The number of hydrogen-bond donors (Lipinski definition) is 0. The van der Waals surface area contributed by atoms with Crippen LogP contribution in [0.15, 0.2) is 0 Å². The third-order valence-corrected chi connectivity index (χ3v) is 4.41. The summed E-state index contributed by atoms with van der Waals surface area (Å²) in [7, 11) is 0. The van der Waals surface area contributed by atoms with Crippen molar-refractivity contribution in [3.8, 4) is 0 Å². The average Bonchev–Trinajstić information content (AvgIpc) is 2.31. The molecule has 1 aliphatic heterocycles. The van der Waals surface area contributed by atoms with Gasteiger partial charge in [-0.1, -0.05) is 13.8 Å². The largest absolute Gasteiger partial charge is 0.337 e. The summed E-state index contributed by atoms with van der Waals surface area (Å²) in [5.41, 5.74) is 0. The van der Waals surface area contributed by atoms with E-state index in [2.05, 4.69) is 37.5 Å². The molecule has 4 heteroatoms. The van der Waals surface area contributed by atoms with Crippen molar-refractivity contribution >= 4 is 17.7 Å². The maximum atomic E-state index is 12.1. The molecule has 0 saturated carbocycles. The zero-order chi connectivity index (χ0) is 12.8. The Labute approximate surface area is 110 Å². The molecule has 1 saturated heterocycles. The van der Waals surface area contributed by atoms with Gasteiger partial charge in [-0.3, -0.25) is 9.69 Å². The van der Waals surface area contributed by atoms with Crippen LogP contribution >= 0.6 is 11.8 Å². The second-order valence-electron chi connectivity index (χ2n) is 4.78. The van der Waals surface area contributed by atoms with E-state index in [1.807, 2.05) is 11.8 Å². The van der Waals surface area contributed by atoms with E-state index in [1.54, 1.807) is 0 Å². The fraction of sp³-hybridized carbons (Fsp3) is 0.923. The molecule has 2 atom stereocenters. The predicted octanol–water partition coefficient (Wildman–Crippen LogP) is 2.07. The number of piperazine rings is 1. The van der Waals surface area contributed by atoms with Gasteiger partial charge in [-0.15, -0.1) is 0 Å². The zero-order valence-corrected chi connectivity index (χ0v) is 12.4. The Balaban J connectivity index is 2.45. The highest BCUT2D eigenvalue weighted by molar-refractivity contribution is 7.99. The van der Waals surface area contributed by atoms with Crippen LogP contribution in [-0.2, 0) is 4.79 Å². The molecule has 0 aliphatic carbocycles. The smallest absolute Gasteiger partial charge is 0.223 e. The van der Waals surface area contributed by atoms with Crippen molar-refractivity contribution in [3.63, 3.8) is 0 Å². The molecular formula is C13H26N2OS. The van der Waals surface area contributed by atoms with E-state index in [4.69, 9.17) is 0 Å². The number of likely N-dealkylation sites (N-methyl/N-ethyl adjacent to an activating group) is 1. The van der Waals surface area contributed by atoms with Crippen LogP contribution in [0.1, 0.15) is 34.1 Å². The first kappa shape index (κ1) is 14.8. The third-order valence-electron chi connectivity index (χ3n) is 3.51. The molecule has 1 heterocycles. The molecule has 17 heavy (non-hydrogen) atoms. The van der Waals surface area contributed by atoms with Gasteiger partial charge in [-0.2, -0.15) is 11.8 Å². The highest BCUT2D eigenvalue weighted by Gasteiger charge is 2.30. The lowest BCUT2D eigenvalue weighted by Crippen LogP contribution is -2.57. The maximum absolute atomic E-state index is 12.1. The minimum absolute atomic E-state index is 0.334. The quantitative estimate of drug-likeness (QED) is 0.705. The number of carbonyl (C=O) groups excluding carboxylic acids is 1. The Hall–Kier alpha value is -0.220. The summed E-state index contributed by atoms with van der Waals surface area (Å²) in [6, 6.07) is 0.865.